The van der Waals surface area contributed by atoms with Gasteiger partial charge in [0.1, 0.15) is 12.3 Å². The summed E-state index contributed by atoms with van der Waals surface area (Å²) >= 11 is 3.30. The fraction of sp³-hybridized carbons (Fsp3) is 0.259. The molecule has 9 nitrogen and oxygen atoms in total. The Morgan fingerprint density at radius 3 is 2.21 bits per heavy atom. The van der Waals surface area contributed by atoms with E-state index in [0.29, 0.717) is 38.3 Å². The number of nitrogens with zero attached hydrogens (tertiary/aromatic N) is 4. The van der Waals surface area contributed by atoms with Gasteiger partial charge in [0.15, 0.2) is 0 Å². The molecule has 2 heterocycles. The van der Waals surface area contributed by atoms with Crippen molar-refractivity contribution >= 4 is 48.6 Å². The molecule has 0 bridgehead atoms. The molecular formula is C27H27BrN4O5S. The SMILES string of the molecule is CCOc1ccccc1N1CCN(C(=O)Cn2c(=O)n(S(=O)(=O)c3ccc(Br)cc3)c3ccccc32)CC1. The highest BCUT2D eigenvalue weighted by Gasteiger charge is 2.28. The maximum absolute atomic E-state index is 13.5. The van der Waals surface area contributed by atoms with Crippen molar-refractivity contribution in [3.63, 3.8) is 0 Å². The minimum absolute atomic E-state index is 0.0134. The Morgan fingerprint density at radius 2 is 1.53 bits per heavy atom. The lowest BCUT2D eigenvalue weighted by atomic mass is 10.2. The second kappa shape index (κ2) is 10.7. The number of rotatable bonds is 7. The number of piperazine rings is 1. The number of benzene rings is 3. The lowest BCUT2D eigenvalue weighted by molar-refractivity contribution is -0.132. The lowest BCUT2D eigenvalue weighted by Crippen LogP contribution is -2.50. The van der Waals surface area contributed by atoms with Gasteiger partial charge in [-0.3, -0.25) is 9.36 Å². The third kappa shape index (κ3) is 4.83. The van der Waals surface area contributed by atoms with Gasteiger partial charge in [0, 0.05) is 30.7 Å². The van der Waals surface area contributed by atoms with Crippen LogP contribution in [0.5, 0.6) is 5.75 Å². The Hall–Kier alpha value is -3.57. The second-order valence-corrected chi connectivity index (χ2v) is 11.6. The third-order valence-electron chi connectivity index (χ3n) is 6.58. The first-order chi connectivity index (χ1) is 18.3. The largest absolute Gasteiger partial charge is 0.492 e. The minimum Gasteiger partial charge on any atom is -0.492 e. The van der Waals surface area contributed by atoms with Gasteiger partial charge >= 0.3 is 5.69 Å². The molecule has 1 saturated heterocycles. The molecule has 0 radical (unpaired) electrons. The van der Waals surface area contributed by atoms with E-state index in [0.717, 1.165) is 19.9 Å². The molecule has 1 aromatic heterocycles. The van der Waals surface area contributed by atoms with E-state index in [4.69, 9.17) is 4.74 Å². The van der Waals surface area contributed by atoms with Gasteiger partial charge < -0.3 is 14.5 Å². The average Bonchev–Trinajstić information content (AvgIpc) is 3.21. The predicted molar refractivity (Wildman–Crippen MR) is 149 cm³/mol. The molecule has 38 heavy (non-hydrogen) atoms. The van der Waals surface area contributed by atoms with Crippen molar-refractivity contribution in [3.8, 4) is 5.75 Å². The maximum Gasteiger partial charge on any atom is 0.343 e. The molecule has 198 valence electrons. The lowest BCUT2D eigenvalue weighted by Gasteiger charge is -2.36. The molecule has 0 atom stereocenters. The topological polar surface area (TPSA) is 93.8 Å². The van der Waals surface area contributed by atoms with Crippen LogP contribution in [0.3, 0.4) is 0 Å². The van der Waals surface area contributed by atoms with Crippen molar-refractivity contribution in [3.05, 3.63) is 87.8 Å². The second-order valence-electron chi connectivity index (χ2n) is 8.85. The van der Waals surface area contributed by atoms with Crippen molar-refractivity contribution in [1.82, 2.24) is 13.4 Å². The van der Waals surface area contributed by atoms with E-state index >= 15 is 0 Å². The van der Waals surface area contributed by atoms with Crippen LogP contribution in [0.15, 0.2) is 87.0 Å². The molecule has 1 aliphatic rings. The molecule has 1 amide bonds. The van der Waals surface area contributed by atoms with Crippen molar-refractivity contribution in [2.75, 3.05) is 37.7 Å². The van der Waals surface area contributed by atoms with Gasteiger partial charge in [-0.1, -0.05) is 40.2 Å². The van der Waals surface area contributed by atoms with E-state index in [-0.39, 0.29) is 22.9 Å². The number of anilines is 1. The first kappa shape index (κ1) is 26.1. The normalized spacial score (nSPS) is 14.2. The van der Waals surface area contributed by atoms with E-state index < -0.39 is 15.7 Å². The number of imidazole rings is 1. The predicted octanol–water partition coefficient (Wildman–Crippen LogP) is 3.55. The standard InChI is InChI=1S/C27H27BrN4O5S/c1-2-37-25-10-6-5-9-24(25)29-15-17-30(18-16-29)26(33)19-31-22-7-3-4-8-23(22)32(27(31)34)38(35,36)21-13-11-20(28)12-14-21/h3-14H,2,15-19H2,1H3. The van der Waals surface area contributed by atoms with Gasteiger partial charge in [-0.2, -0.15) is 3.97 Å². The summed E-state index contributed by atoms with van der Waals surface area (Å²) in [5.41, 5.74) is 0.826. The number of hydrogen-bond acceptors (Lipinski definition) is 6. The number of ether oxygens (including phenoxy) is 1. The molecular weight excluding hydrogens is 572 g/mol. The van der Waals surface area contributed by atoms with Crippen LogP contribution in [-0.2, 0) is 21.4 Å². The zero-order chi connectivity index (χ0) is 26.9. The summed E-state index contributed by atoms with van der Waals surface area (Å²) in [6.07, 6.45) is 0. The van der Waals surface area contributed by atoms with Crippen LogP contribution in [0.4, 0.5) is 5.69 Å². The van der Waals surface area contributed by atoms with Gasteiger partial charge in [0.2, 0.25) is 5.91 Å². The molecule has 1 aliphatic heterocycles. The van der Waals surface area contributed by atoms with Crippen LogP contribution in [0.25, 0.3) is 11.0 Å². The van der Waals surface area contributed by atoms with Gasteiger partial charge in [-0.15, -0.1) is 0 Å². The number of para-hydroxylation sites is 4. The van der Waals surface area contributed by atoms with Crippen molar-refractivity contribution < 1.29 is 17.9 Å². The van der Waals surface area contributed by atoms with E-state index in [2.05, 4.69) is 20.8 Å². The Morgan fingerprint density at radius 1 is 0.895 bits per heavy atom. The Bertz CT molecular complexity index is 1640. The van der Waals surface area contributed by atoms with E-state index in [1.807, 2.05) is 31.2 Å². The quantitative estimate of drug-likeness (QED) is 0.323. The summed E-state index contributed by atoms with van der Waals surface area (Å²) in [5.74, 6) is 0.565. The van der Waals surface area contributed by atoms with Gasteiger partial charge in [-0.25, -0.2) is 13.2 Å². The van der Waals surface area contributed by atoms with Crippen LogP contribution >= 0.6 is 15.9 Å². The molecule has 0 spiro atoms. The molecule has 3 aromatic carbocycles. The smallest absolute Gasteiger partial charge is 0.343 e. The first-order valence-electron chi connectivity index (χ1n) is 12.3. The Balaban J connectivity index is 1.39. The van der Waals surface area contributed by atoms with E-state index in [1.165, 1.54) is 16.7 Å². The third-order valence-corrected chi connectivity index (χ3v) is 8.81. The number of carbonyl (C=O) groups excluding carboxylic acids is 1. The summed E-state index contributed by atoms with van der Waals surface area (Å²) < 4.78 is 35.4. The van der Waals surface area contributed by atoms with Crippen LogP contribution in [-0.4, -0.2) is 60.6 Å². The van der Waals surface area contributed by atoms with Gasteiger partial charge in [0.05, 0.1) is 28.2 Å². The van der Waals surface area contributed by atoms with Crippen LogP contribution in [0.2, 0.25) is 0 Å². The minimum atomic E-state index is -4.18. The number of amides is 1. The van der Waals surface area contributed by atoms with Crippen LogP contribution in [0.1, 0.15) is 6.92 Å². The monoisotopic (exact) mass is 598 g/mol. The van der Waals surface area contributed by atoms with Crippen molar-refractivity contribution in [2.45, 2.75) is 18.4 Å². The molecule has 0 saturated carbocycles. The number of carbonyl (C=O) groups is 1. The van der Waals surface area contributed by atoms with Crippen molar-refractivity contribution in [1.29, 1.82) is 0 Å². The summed E-state index contributed by atoms with van der Waals surface area (Å²) in [6.45, 7) is 4.44. The summed E-state index contributed by atoms with van der Waals surface area (Å²) in [4.78, 5) is 30.7. The molecule has 0 unspecified atom stereocenters. The number of halogens is 1. The molecule has 4 aromatic rings. The zero-order valence-electron chi connectivity index (χ0n) is 20.8. The maximum atomic E-state index is 13.5. The number of fused-ring (bicyclic) bond motifs is 1. The zero-order valence-corrected chi connectivity index (χ0v) is 23.2. The van der Waals surface area contributed by atoms with Crippen molar-refractivity contribution in [2.24, 2.45) is 0 Å². The highest BCUT2D eigenvalue weighted by atomic mass is 79.9. The summed E-state index contributed by atoms with van der Waals surface area (Å²) in [7, 11) is -4.18. The molecule has 11 heteroatoms. The van der Waals surface area contributed by atoms with Gasteiger partial charge in [0.25, 0.3) is 10.0 Å². The summed E-state index contributed by atoms with van der Waals surface area (Å²) in [5, 5.41) is 0. The summed E-state index contributed by atoms with van der Waals surface area (Å²) in [6, 6.07) is 20.5. The Kier molecular flexibility index (Phi) is 7.31. The highest BCUT2D eigenvalue weighted by molar-refractivity contribution is 9.10. The van der Waals surface area contributed by atoms with E-state index in [9.17, 15) is 18.0 Å². The van der Waals surface area contributed by atoms with E-state index in [1.54, 1.807) is 41.3 Å². The molecule has 0 aliphatic carbocycles. The van der Waals surface area contributed by atoms with Gasteiger partial charge in [-0.05, 0) is 55.5 Å². The number of hydrogen-bond donors (Lipinski definition) is 0. The first-order valence-corrected chi connectivity index (χ1v) is 14.5. The Labute approximate surface area is 229 Å². The molecule has 1 fully saturated rings. The average molecular weight is 600 g/mol. The fourth-order valence-corrected chi connectivity index (χ4v) is 6.38. The van der Waals surface area contributed by atoms with Crippen LogP contribution < -0.4 is 15.3 Å². The fourth-order valence-electron chi connectivity index (χ4n) is 4.70. The molecule has 5 rings (SSSR count). The molecule has 0 N–H and O–H groups in total. The number of aromatic nitrogens is 2. The van der Waals surface area contributed by atoms with Crippen LogP contribution in [0, 0.1) is 0 Å². The highest BCUT2D eigenvalue weighted by Crippen LogP contribution is 2.29.